The molecule has 0 bridgehead atoms. The van der Waals surface area contributed by atoms with Crippen molar-refractivity contribution in [3.8, 4) is 11.1 Å². The Labute approximate surface area is 156 Å². The zero-order valence-corrected chi connectivity index (χ0v) is 16.0. The molecule has 1 nitrogen and oxygen atoms in total. The highest BCUT2D eigenvalue weighted by molar-refractivity contribution is 5.95. The van der Waals surface area contributed by atoms with Crippen LogP contribution in [0.1, 0.15) is 51.3 Å². The minimum Gasteiger partial charge on any atom is -0.187 e. The molecule has 0 amide bonds. The lowest BCUT2D eigenvalue weighted by Gasteiger charge is -2.20. The number of rotatable bonds is 1. The summed E-state index contributed by atoms with van der Waals surface area (Å²) in [6.45, 7) is 7.98. The van der Waals surface area contributed by atoms with Crippen molar-refractivity contribution in [1.82, 2.24) is 0 Å². The molecule has 2 aliphatic rings. The van der Waals surface area contributed by atoms with Crippen LogP contribution in [0.25, 0.3) is 27.6 Å². The summed E-state index contributed by atoms with van der Waals surface area (Å²) < 4.78 is 2.55. The summed E-state index contributed by atoms with van der Waals surface area (Å²) in [6, 6.07) is 20.5. The first-order valence-corrected chi connectivity index (χ1v) is 9.80. The summed E-state index contributed by atoms with van der Waals surface area (Å²) in [4.78, 5) is 0. The lowest BCUT2D eigenvalue weighted by atomic mass is 9.85. The average molecular weight is 340 g/mol. The molecular weight excluding hydrogens is 314 g/mol. The van der Waals surface area contributed by atoms with Crippen molar-refractivity contribution in [1.29, 1.82) is 0 Å². The van der Waals surface area contributed by atoms with E-state index in [4.69, 9.17) is 0 Å². The molecule has 2 heterocycles. The maximum absolute atomic E-state index is 2.55. The Morgan fingerprint density at radius 1 is 0.885 bits per heavy atom. The molecule has 26 heavy (non-hydrogen) atoms. The molecule has 5 rings (SSSR count). The van der Waals surface area contributed by atoms with Gasteiger partial charge in [-0.3, -0.25) is 0 Å². The van der Waals surface area contributed by atoms with Crippen LogP contribution in [-0.2, 0) is 12.0 Å². The minimum atomic E-state index is 0.159. The first kappa shape index (κ1) is 15.8. The van der Waals surface area contributed by atoms with Crippen molar-refractivity contribution in [2.45, 2.75) is 52.0 Å². The Hall–Kier alpha value is -2.41. The molecule has 1 aliphatic carbocycles. The van der Waals surface area contributed by atoms with Crippen LogP contribution in [0.5, 0.6) is 0 Å². The highest BCUT2D eigenvalue weighted by Crippen LogP contribution is 2.40. The number of hydrogen-bond acceptors (Lipinski definition) is 0. The van der Waals surface area contributed by atoms with Gasteiger partial charge in [0.2, 0.25) is 11.2 Å². The Balaban J connectivity index is 1.84. The molecule has 0 fully saturated rings. The molecule has 1 heteroatoms. The Bertz CT molecular complexity index is 1050. The van der Waals surface area contributed by atoms with E-state index in [0.29, 0.717) is 0 Å². The normalized spacial score (nSPS) is 16.3. The first-order chi connectivity index (χ1) is 12.5. The summed E-state index contributed by atoms with van der Waals surface area (Å²) in [5.74, 6) is 0. The lowest BCUT2D eigenvalue weighted by Crippen LogP contribution is -2.36. The van der Waals surface area contributed by atoms with Gasteiger partial charge in [-0.2, -0.15) is 4.57 Å². The van der Waals surface area contributed by atoms with Gasteiger partial charge in [-0.25, -0.2) is 0 Å². The third-order valence-electron chi connectivity index (χ3n) is 6.09. The predicted molar refractivity (Wildman–Crippen MR) is 109 cm³/mol. The molecule has 2 aromatic carbocycles. The third kappa shape index (κ3) is 2.34. The van der Waals surface area contributed by atoms with Gasteiger partial charge >= 0.3 is 0 Å². The van der Waals surface area contributed by atoms with Crippen molar-refractivity contribution < 1.29 is 4.57 Å². The number of fused-ring (bicyclic) bond motifs is 4. The maximum Gasteiger partial charge on any atom is 0.213 e. The fraction of sp³-hybridized carbons (Fsp3) is 0.320. The summed E-state index contributed by atoms with van der Waals surface area (Å²) in [5, 5.41) is 1.38. The zero-order chi connectivity index (χ0) is 17.9. The van der Waals surface area contributed by atoms with Gasteiger partial charge in [-0.05, 0) is 41.9 Å². The van der Waals surface area contributed by atoms with Gasteiger partial charge in [0.05, 0.1) is 5.39 Å². The number of pyridine rings is 1. The summed E-state index contributed by atoms with van der Waals surface area (Å²) in [5.41, 5.74) is 10.4. The monoisotopic (exact) mass is 340 g/mol. The van der Waals surface area contributed by atoms with Gasteiger partial charge in [-0.15, -0.1) is 0 Å². The number of allylic oxidation sites excluding steroid dienone is 2. The quantitative estimate of drug-likeness (QED) is 0.475. The molecule has 0 saturated carbocycles. The van der Waals surface area contributed by atoms with Gasteiger partial charge in [0.25, 0.3) is 0 Å². The smallest absolute Gasteiger partial charge is 0.187 e. The highest BCUT2D eigenvalue weighted by atomic mass is 15.0. The van der Waals surface area contributed by atoms with E-state index in [1.165, 1.54) is 52.5 Å². The standard InChI is InChI=1S/C25H26N/c1-25(2,3)19-12-13-23-22(14-19)21(17-8-5-4-6-9-17)15-24-20-11-7-10-18(20)16-26(23)24/h4-6,8-9,12-15H,7,10-11,16H2,1-3H3/q+1. The van der Waals surface area contributed by atoms with E-state index in [1.54, 1.807) is 11.1 Å². The van der Waals surface area contributed by atoms with E-state index in [-0.39, 0.29) is 5.41 Å². The van der Waals surface area contributed by atoms with Crippen LogP contribution in [-0.4, -0.2) is 0 Å². The van der Waals surface area contributed by atoms with Crippen molar-refractivity contribution in [3.05, 3.63) is 71.4 Å². The number of nitrogens with zero attached hydrogens (tertiary/aromatic N) is 1. The summed E-state index contributed by atoms with van der Waals surface area (Å²) >= 11 is 0. The van der Waals surface area contributed by atoms with Crippen molar-refractivity contribution >= 4 is 16.5 Å². The molecule has 0 atom stereocenters. The molecule has 1 aliphatic heterocycles. The second-order valence-electron chi connectivity index (χ2n) is 8.81. The Morgan fingerprint density at radius 3 is 2.46 bits per heavy atom. The molecule has 0 spiro atoms. The van der Waals surface area contributed by atoms with E-state index in [2.05, 4.69) is 79.9 Å². The molecule has 130 valence electrons. The second kappa shape index (κ2) is 5.54. The number of aromatic nitrogens is 1. The van der Waals surface area contributed by atoms with Crippen LogP contribution in [0, 0.1) is 0 Å². The highest BCUT2D eigenvalue weighted by Gasteiger charge is 2.34. The van der Waals surface area contributed by atoms with Crippen molar-refractivity contribution in [2.75, 3.05) is 0 Å². The Kier molecular flexibility index (Phi) is 3.37. The van der Waals surface area contributed by atoms with Gasteiger partial charge in [0, 0.05) is 28.8 Å². The van der Waals surface area contributed by atoms with Gasteiger partial charge in [-0.1, -0.05) is 57.2 Å². The Morgan fingerprint density at radius 2 is 1.69 bits per heavy atom. The topological polar surface area (TPSA) is 3.88 Å². The van der Waals surface area contributed by atoms with E-state index >= 15 is 0 Å². The van der Waals surface area contributed by atoms with Gasteiger partial charge in [0.15, 0.2) is 6.54 Å². The van der Waals surface area contributed by atoms with Crippen LogP contribution < -0.4 is 4.57 Å². The van der Waals surface area contributed by atoms with Crippen LogP contribution >= 0.6 is 0 Å². The molecule has 1 aromatic heterocycles. The maximum atomic E-state index is 2.55. The van der Waals surface area contributed by atoms with E-state index in [0.717, 1.165) is 6.54 Å². The lowest BCUT2D eigenvalue weighted by molar-refractivity contribution is -0.660. The fourth-order valence-corrected chi connectivity index (χ4v) is 4.63. The van der Waals surface area contributed by atoms with Gasteiger partial charge < -0.3 is 0 Å². The van der Waals surface area contributed by atoms with Gasteiger partial charge in [0.1, 0.15) is 0 Å². The van der Waals surface area contributed by atoms with Crippen LogP contribution in [0.3, 0.4) is 0 Å². The second-order valence-corrected chi connectivity index (χ2v) is 8.81. The van der Waals surface area contributed by atoms with Crippen molar-refractivity contribution in [3.63, 3.8) is 0 Å². The molecule has 0 saturated heterocycles. The minimum absolute atomic E-state index is 0.159. The van der Waals surface area contributed by atoms with E-state index in [9.17, 15) is 0 Å². The van der Waals surface area contributed by atoms with E-state index < -0.39 is 0 Å². The third-order valence-corrected chi connectivity index (χ3v) is 6.09. The number of benzene rings is 2. The first-order valence-electron chi connectivity index (χ1n) is 9.80. The van der Waals surface area contributed by atoms with Crippen LogP contribution in [0.4, 0.5) is 0 Å². The molecule has 3 aromatic rings. The largest absolute Gasteiger partial charge is 0.213 e. The molecule has 0 N–H and O–H groups in total. The molecular formula is C25H26N+. The zero-order valence-electron chi connectivity index (χ0n) is 16.0. The number of hydrogen-bond donors (Lipinski definition) is 0. The van der Waals surface area contributed by atoms with E-state index in [1.807, 2.05) is 0 Å². The molecule has 0 unspecified atom stereocenters. The fourth-order valence-electron chi connectivity index (χ4n) is 4.63. The SMILES string of the molecule is CC(C)(C)c1ccc2c(c1)c(-c1ccccc1)cc1[n+]2CC2=C1CCC2. The predicted octanol–water partition coefficient (Wildman–Crippen LogP) is 6.04. The summed E-state index contributed by atoms with van der Waals surface area (Å²) in [6.07, 6.45) is 3.85. The van der Waals surface area contributed by atoms with Crippen molar-refractivity contribution in [2.24, 2.45) is 0 Å². The average Bonchev–Trinajstić information content (AvgIpc) is 3.22. The van der Waals surface area contributed by atoms with Crippen LogP contribution in [0.2, 0.25) is 0 Å². The van der Waals surface area contributed by atoms with Crippen LogP contribution in [0.15, 0.2) is 60.2 Å². The summed E-state index contributed by atoms with van der Waals surface area (Å²) in [7, 11) is 0. The molecule has 0 radical (unpaired) electrons.